The first-order valence-corrected chi connectivity index (χ1v) is 10.7. The van der Waals surface area contributed by atoms with E-state index in [0.29, 0.717) is 0 Å². The van der Waals surface area contributed by atoms with Crippen molar-refractivity contribution in [3.05, 3.63) is 101 Å². The Balaban J connectivity index is 1.43. The minimum Gasteiger partial charge on any atom is -0.483 e. The van der Waals surface area contributed by atoms with E-state index in [4.69, 9.17) is 4.74 Å². The summed E-state index contributed by atoms with van der Waals surface area (Å²) in [6.07, 6.45) is 3.74. The summed E-state index contributed by atoms with van der Waals surface area (Å²) in [6, 6.07) is 22.6. The fourth-order valence-electron chi connectivity index (χ4n) is 3.79. The van der Waals surface area contributed by atoms with Gasteiger partial charge in [0.25, 0.3) is 5.91 Å². The maximum absolute atomic E-state index is 12.2. The molecular weight excluding hydrogens is 398 g/mol. The highest BCUT2D eigenvalue weighted by atomic mass is 16.5. The highest BCUT2D eigenvalue weighted by Gasteiger charge is 2.09. The van der Waals surface area contributed by atoms with Gasteiger partial charge in [0.05, 0.1) is 6.21 Å². The number of nitrogens with zero attached hydrogens (tertiary/aromatic N) is 2. The van der Waals surface area contributed by atoms with Crippen LogP contribution < -0.4 is 10.2 Å². The zero-order chi connectivity index (χ0) is 22.5. The molecule has 1 aromatic heterocycles. The van der Waals surface area contributed by atoms with Gasteiger partial charge in [-0.2, -0.15) is 5.10 Å². The smallest absolute Gasteiger partial charge is 0.277 e. The number of rotatable bonds is 7. The number of hydrazone groups is 1. The summed E-state index contributed by atoms with van der Waals surface area (Å²) in [5.41, 5.74) is 9.15. The van der Waals surface area contributed by atoms with Crippen molar-refractivity contribution in [1.29, 1.82) is 0 Å². The van der Waals surface area contributed by atoms with E-state index >= 15 is 0 Å². The molecule has 0 aliphatic carbocycles. The van der Waals surface area contributed by atoms with Crippen molar-refractivity contribution in [1.82, 2.24) is 9.99 Å². The van der Waals surface area contributed by atoms with Crippen LogP contribution in [0, 0.1) is 20.8 Å². The van der Waals surface area contributed by atoms with Crippen molar-refractivity contribution in [2.45, 2.75) is 27.3 Å². The molecule has 162 valence electrons. The number of carbonyl (C=O) groups excluding carboxylic acids is 1. The van der Waals surface area contributed by atoms with Crippen LogP contribution >= 0.6 is 0 Å². The number of aromatic nitrogens is 1. The van der Waals surface area contributed by atoms with Crippen molar-refractivity contribution >= 4 is 23.0 Å². The number of carbonyl (C=O) groups is 1. The third kappa shape index (κ3) is 4.89. The van der Waals surface area contributed by atoms with Crippen LogP contribution in [0.15, 0.2) is 78.0 Å². The molecule has 1 amide bonds. The van der Waals surface area contributed by atoms with Gasteiger partial charge in [-0.15, -0.1) is 0 Å². The summed E-state index contributed by atoms with van der Waals surface area (Å²) in [7, 11) is 0. The van der Waals surface area contributed by atoms with Gasteiger partial charge in [0.2, 0.25) is 0 Å². The molecule has 0 radical (unpaired) electrons. The quantitative estimate of drug-likeness (QED) is 0.329. The van der Waals surface area contributed by atoms with Crippen molar-refractivity contribution < 1.29 is 9.53 Å². The summed E-state index contributed by atoms with van der Waals surface area (Å²) < 4.78 is 7.91. The Morgan fingerprint density at radius 1 is 1.03 bits per heavy atom. The predicted octanol–water partition coefficient (Wildman–Crippen LogP) is 5.14. The van der Waals surface area contributed by atoms with E-state index in [1.165, 1.54) is 5.56 Å². The Morgan fingerprint density at radius 2 is 1.78 bits per heavy atom. The van der Waals surface area contributed by atoms with Gasteiger partial charge in [0.1, 0.15) is 5.75 Å². The topological polar surface area (TPSA) is 55.6 Å². The second-order valence-corrected chi connectivity index (χ2v) is 8.00. The molecular formula is C27H27N3O2. The van der Waals surface area contributed by atoms with Gasteiger partial charge < -0.3 is 9.30 Å². The van der Waals surface area contributed by atoms with Gasteiger partial charge in [0, 0.05) is 29.2 Å². The second kappa shape index (κ2) is 9.52. The van der Waals surface area contributed by atoms with Crippen molar-refractivity contribution in [2.75, 3.05) is 6.61 Å². The minimum absolute atomic E-state index is 0.0865. The standard InChI is InChI=1S/C27H27N3O2/c1-19-13-20(2)21(3)26(14-19)32-18-27(31)29-28-15-23-17-30(16-22-9-5-4-6-10-22)25-12-8-7-11-24(23)25/h4-15,17H,16,18H2,1-3H3,(H,29,31)/b28-15+. The number of benzene rings is 3. The SMILES string of the molecule is Cc1cc(C)c(C)c(OCC(=O)N/N=C/c2cn(Cc3ccccc3)c3ccccc23)c1. The van der Waals surface area contributed by atoms with Gasteiger partial charge in [-0.05, 0) is 55.2 Å². The molecule has 32 heavy (non-hydrogen) atoms. The Bertz CT molecular complexity index is 1270. The van der Waals surface area contributed by atoms with Crippen LogP contribution in [-0.2, 0) is 11.3 Å². The average Bonchev–Trinajstić information content (AvgIpc) is 3.13. The molecule has 1 heterocycles. The van der Waals surface area contributed by atoms with Crippen LogP contribution in [0.2, 0.25) is 0 Å². The van der Waals surface area contributed by atoms with Crippen LogP contribution in [-0.4, -0.2) is 23.3 Å². The number of aryl methyl sites for hydroxylation is 2. The molecule has 1 N–H and O–H groups in total. The van der Waals surface area contributed by atoms with E-state index in [1.807, 2.05) is 57.2 Å². The number of para-hydroxylation sites is 1. The molecule has 0 fully saturated rings. The van der Waals surface area contributed by atoms with Crippen LogP contribution in [0.4, 0.5) is 0 Å². The summed E-state index contributed by atoms with van der Waals surface area (Å²) in [5, 5.41) is 5.25. The number of amides is 1. The molecule has 4 aromatic rings. The first kappa shape index (κ1) is 21.4. The number of fused-ring (bicyclic) bond motifs is 1. The van der Waals surface area contributed by atoms with E-state index in [1.54, 1.807) is 6.21 Å². The van der Waals surface area contributed by atoms with E-state index in [9.17, 15) is 4.79 Å². The number of ether oxygens (including phenoxy) is 1. The van der Waals surface area contributed by atoms with Gasteiger partial charge in [-0.1, -0.05) is 54.6 Å². The molecule has 0 aliphatic heterocycles. The lowest BCUT2D eigenvalue weighted by atomic mass is 10.1. The molecule has 4 rings (SSSR count). The summed E-state index contributed by atoms with van der Waals surface area (Å²) in [4.78, 5) is 12.2. The van der Waals surface area contributed by atoms with Crippen LogP contribution in [0.3, 0.4) is 0 Å². The Kier molecular flexibility index (Phi) is 6.36. The molecule has 0 saturated carbocycles. The van der Waals surface area contributed by atoms with Gasteiger partial charge >= 0.3 is 0 Å². The Labute approximate surface area is 188 Å². The first-order chi connectivity index (χ1) is 15.5. The summed E-state index contributed by atoms with van der Waals surface area (Å²) in [6.45, 7) is 6.72. The molecule has 5 nitrogen and oxygen atoms in total. The van der Waals surface area contributed by atoms with Crippen LogP contribution in [0.25, 0.3) is 10.9 Å². The van der Waals surface area contributed by atoms with Gasteiger partial charge in [0.15, 0.2) is 6.61 Å². The van der Waals surface area contributed by atoms with Crippen molar-refractivity contribution in [3.8, 4) is 5.75 Å². The number of hydrogen-bond acceptors (Lipinski definition) is 3. The highest BCUT2D eigenvalue weighted by molar-refractivity contribution is 5.99. The molecule has 0 aliphatic rings. The van der Waals surface area contributed by atoms with E-state index < -0.39 is 0 Å². The third-order valence-corrected chi connectivity index (χ3v) is 5.53. The maximum Gasteiger partial charge on any atom is 0.277 e. The zero-order valence-electron chi connectivity index (χ0n) is 18.6. The summed E-state index contributed by atoms with van der Waals surface area (Å²) >= 11 is 0. The zero-order valence-corrected chi connectivity index (χ0v) is 18.6. The molecule has 5 heteroatoms. The number of hydrogen-bond donors (Lipinski definition) is 1. The molecule has 0 unspecified atom stereocenters. The Morgan fingerprint density at radius 3 is 2.59 bits per heavy atom. The molecule has 0 spiro atoms. The lowest BCUT2D eigenvalue weighted by Gasteiger charge is -2.11. The molecule has 0 atom stereocenters. The Hall–Kier alpha value is -3.86. The molecule has 3 aromatic carbocycles. The first-order valence-electron chi connectivity index (χ1n) is 10.7. The van der Waals surface area contributed by atoms with Gasteiger partial charge in [-0.3, -0.25) is 4.79 Å². The van der Waals surface area contributed by atoms with Gasteiger partial charge in [-0.25, -0.2) is 5.43 Å². The average molecular weight is 426 g/mol. The third-order valence-electron chi connectivity index (χ3n) is 5.53. The monoisotopic (exact) mass is 425 g/mol. The van der Waals surface area contributed by atoms with E-state index in [2.05, 4.69) is 51.6 Å². The second-order valence-electron chi connectivity index (χ2n) is 8.00. The van der Waals surface area contributed by atoms with Crippen LogP contribution in [0.1, 0.15) is 27.8 Å². The fraction of sp³-hybridized carbons (Fsp3) is 0.185. The van der Waals surface area contributed by atoms with E-state index in [-0.39, 0.29) is 12.5 Å². The normalized spacial score (nSPS) is 11.2. The van der Waals surface area contributed by atoms with Crippen molar-refractivity contribution in [2.24, 2.45) is 5.10 Å². The minimum atomic E-state index is -0.298. The van der Waals surface area contributed by atoms with Crippen LogP contribution in [0.5, 0.6) is 5.75 Å². The highest BCUT2D eigenvalue weighted by Crippen LogP contribution is 2.23. The number of nitrogens with one attached hydrogen (secondary N) is 1. The maximum atomic E-state index is 12.2. The summed E-state index contributed by atoms with van der Waals surface area (Å²) in [5.74, 6) is 0.429. The lowest BCUT2D eigenvalue weighted by molar-refractivity contribution is -0.123. The van der Waals surface area contributed by atoms with Crippen molar-refractivity contribution in [3.63, 3.8) is 0 Å². The van der Waals surface area contributed by atoms with E-state index in [0.717, 1.165) is 45.5 Å². The largest absolute Gasteiger partial charge is 0.483 e. The lowest BCUT2D eigenvalue weighted by Crippen LogP contribution is -2.24. The predicted molar refractivity (Wildman–Crippen MR) is 129 cm³/mol. The fourth-order valence-corrected chi connectivity index (χ4v) is 3.79. The molecule has 0 bridgehead atoms. The molecule has 0 saturated heterocycles.